The van der Waals surface area contributed by atoms with Crippen LogP contribution in [0.3, 0.4) is 0 Å². The maximum atomic E-state index is 15.4. The van der Waals surface area contributed by atoms with Crippen molar-refractivity contribution in [1.29, 1.82) is 0 Å². The number of aromatic nitrogens is 4. The molecule has 5 rings (SSSR count). The summed E-state index contributed by atoms with van der Waals surface area (Å²) in [6.07, 6.45) is 8.93. The van der Waals surface area contributed by atoms with E-state index in [1.165, 1.54) is 17.1 Å². The molecule has 1 aromatic heterocycles. The van der Waals surface area contributed by atoms with Gasteiger partial charge in [0.1, 0.15) is 6.33 Å². The normalized spacial score (nSPS) is 28.8. The minimum Gasteiger partial charge on any atom is -0.334 e. The Labute approximate surface area is 229 Å². The largest absolute Gasteiger partial charge is 0.334 e. The van der Waals surface area contributed by atoms with Gasteiger partial charge in [0.2, 0.25) is 5.91 Å². The van der Waals surface area contributed by atoms with E-state index in [4.69, 9.17) is 11.6 Å². The van der Waals surface area contributed by atoms with Gasteiger partial charge < -0.3 is 15.5 Å². The molecule has 2 bridgehead atoms. The predicted molar refractivity (Wildman–Crippen MR) is 146 cm³/mol. The first-order valence-corrected chi connectivity index (χ1v) is 14.3. The van der Waals surface area contributed by atoms with Crippen molar-refractivity contribution in [1.82, 2.24) is 35.7 Å². The van der Waals surface area contributed by atoms with E-state index in [9.17, 15) is 4.79 Å². The fourth-order valence-corrected chi connectivity index (χ4v) is 6.74. The molecule has 3 aliphatic heterocycles. The van der Waals surface area contributed by atoms with Gasteiger partial charge in [-0.1, -0.05) is 38.8 Å². The van der Waals surface area contributed by atoms with Gasteiger partial charge in [-0.05, 0) is 90.6 Å². The lowest BCUT2D eigenvalue weighted by Gasteiger charge is -2.46. The summed E-state index contributed by atoms with van der Waals surface area (Å²) in [4.78, 5) is 15.7. The van der Waals surface area contributed by atoms with Gasteiger partial charge in [-0.3, -0.25) is 4.79 Å². The van der Waals surface area contributed by atoms with Crippen LogP contribution in [0, 0.1) is 23.1 Å². The topological polar surface area (TPSA) is 88.0 Å². The maximum Gasteiger partial charge on any atom is 0.247 e. The van der Waals surface area contributed by atoms with Gasteiger partial charge in [-0.25, -0.2) is 4.39 Å². The van der Waals surface area contributed by atoms with Crippen LogP contribution >= 0.6 is 11.6 Å². The van der Waals surface area contributed by atoms with Crippen LogP contribution in [0.1, 0.15) is 64.9 Å². The van der Waals surface area contributed by atoms with E-state index in [0.29, 0.717) is 36.1 Å². The number of tetrazole rings is 1. The number of nitrogens with zero attached hydrogens (tertiary/aromatic N) is 5. The highest BCUT2D eigenvalue weighted by Gasteiger charge is 2.40. The Balaban J connectivity index is 1.43. The van der Waals surface area contributed by atoms with Gasteiger partial charge in [0.05, 0.1) is 10.7 Å². The summed E-state index contributed by atoms with van der Waals surface area (Å²) in [5.74, 6) is 0.560. The van der Waals surface area contributed by atoms with Crippen LogP contribution in [-0.4, -0.2) is 69.3 Å². The lowest BCUT2D eigenvalue weighted by atomic mass is 9.70. The third-order valence-electron chi connectivity index (χ3n) is 8.87. The highest BCUT2D eigenvalue weighted by atomic mass is 35.5. The Kier molecular flexibility index (Phi) is 8.16. The van der Waals surface area contributed by atoms with Crippen molar-refractivity contribution in [3.8, 4) is 5.69 Å². The summed E-state index contributed by atoms with van der Waals surface area (Å²) in [5.41, 5.74) is 1.58. The Hall–Kier alpha value is -2.36. The Morgan fingerprint density at radius 3 is 2.82 bits per heavy atom. The number of carbonyl (C=O) groups is 1. The van der Waals surface area contributed by atoms with Gasteiger partial charge >= 0.3 is 0 Å². The highest BCUT2D eigenvalue weighted by Crippen LogP contribution is 2.38. The quantitative estimate of drug-likeness (QED) is 0.602. The SMILES string of the molecule is C[C@@H]1CCC[C@H](N2CCC(c3c(-n4cnnn4)ccc(Cl)c3F)=CC2=O)C2CC(CCN2)C(C)(C)CNC1. The first-order chi connectivity index (χ1) is 18.2. The Morgan fingerprint density at radius 1 is 1.21 bits per heavy atom. The summed E-state index contributed by atoms with van der Waals surface area (Å²) >= 11 is 6.16. The third-order valence-corrected chi connectivity index (χ3v) is 9.16. The molecule has 1 amide bonds. The Bertz CT molecular complexity index is 1170. The molecule has 206 valence electrons. The number of nitrogens with one attached hydrogen (secondary N) is 2. The molecule has 0 saturated carbocycles. The zero-order valence-electron chi connectivity index (χ0n) is 22.6. The average Bonchev–Trinajstić information content (AvgIpc) is 3.43. The first-order valence-electron chi connectivity index (χ1n) is 13.9. The molecule has 38 heavy (non-hydrogen) atoms. The summed E-state index contributed by atoms with van der Waals surface area (Å²) in [6, 6.07) is 3.54. The third kappa shape index (κ3) is 5.65. The summed E-state index contributed by atoms with van der Waals surface area (Å²) < 4.78 is 16.8. The van der Waals surface area contributed by atoms with Crippen molar-refractivity contribution < 1.29 is 9.18 Å². The second-order valence-corrected chi connectivity index (χ2v) is 12.4. The number of fused-ring (bicyclic) bond motifs is 2. The molecule has 3 aliphatic rings. The molecule has 0 aliphatic carbocycles. The minimum atomic E-state index is -0.556. The van der Waals surface area contributed by atoms with Crippen molar-refractivity contribution in [2.45, 2.75) is 71.4 Å². The van der Waals surface area contributed by atoms with Crippen LogP contribution in [0.4, 0.5) is 4.39 Å². The molecule has 2 saturated heterocycles. The molecule has 10 heteroatoms. The van der Waals surface area contributed by atoms with E-state index < -0.39 is 5.82 Å². The molecule has 4 atom stereocenters. The summed E-state index contributed by atoms with van der Waals surface area (Å²) in [5, 5.41) is 18.8. The number of benzene rings is 1. The van der Waals surface area contributed by atoms with E-state index in [0.717, 1.165) is 51.7 Å². The van der Waals surface area contributed by atoms with Crippen molar-refractivity contribution >= 4 is 23.1 Å². The van der Waals surface area contributed by atoms with E-state index in [-0.39, 0.29) is 34.0 Å². The first kappa shape index (κ1) is 27.2. The van der Waals surface area contributed by atoms with Crippen LogP contribution in [0.25, 0.3) is 11.3 Å². The second-order valence-electron chi connectivity index (χ2n) is 12.0. The second kappa shape index (κ2) is 11.4. The van der Waals surface area contributed by atoms with Crippen molar-refractivity contribution in [3.63, 3.8) is 0 Å². The molecular weight excluding hydrogens is 505 g/mol. The minimum absolute atomic E-state index is 0.00981. The summed E-state index contributed by atoms with van der Waals surface area (Å²) in [7, 11) is 0. The van der Waals surface area contributed by atoms with Gasteiger partial charge in [0, 0.05) is 36.8 Å². The average molecular weight is 544 g/mol. The van der Waals surface area contributed by atoms with E-state index in [2.05, 4.69) is 46.9 Å². The molecule has 4 heterocycles. The standard InChI is InChI=1S/C28H39ClFN7O/c1-18-5-4-6-23(22-14-20(9-11-32-22)28(2,3)16-31-15-18)36-12-10-19(13-25(36)38)26-24(37-17-33-34-35-37)8-7-21(29)27(26)30/h7-8,13,17-18,20,22-23,31-32H,4-6,9-12,14-16H2,1-3H3/t18-,20?,22?,23+/m1/s1. The lowest BCUT2D eigenvalue weighted by molar-refractivity contribution is -0.130. The number of hydrogen-bond donors (Lipinski definition) is 2. The van der Waals surface area contributed by atoms with Crippen molar-refractivity contribution in [2.75, 3.05) is 26.2 Å². The molecule has 2 unspecified atom stereocenters. The molecule has 2 aromatic rings. The molecular formula is C28H39ClFN7O. The maximum absolute atomic E-state index is 15.4. The number of piperidine rings is 1. The van der Waals surface area contributed by atoms with Crippen LogP contribution in [-0.2, 0) is 4.79 Å². The fraction of sp³-hybridized carbons (Fsp3) is 0.643. The smallest absolute Gasteiger partial charge is 0.247 e. The number of halogens is 2. The van der Waals surface area contributed by atoms with Gasteiger partial charge in [0.15, 0.2) is 5.82 Å². The van der Waals surface area contributed by atoms with Crippen molar-refractivity contribution in [2.24, 2.45) is 17.3 Å². The fourth-order valence-electron chi connectivity index (χ4n) is 6.58. The van der Waals surface area contributed by atoms with E-state index in [1.807, 2.05) is 4.90 Å². The van der Waals surface area contributed by atoms with Crippen LogP contribution in [0.15, 0.2) is 24.5 Å². The summed E-state index contributed by atoms with van der Waals surface area (Å²) in [6.45, 7) is 10.6. The van der Waals surface area contributed by atoms with Crippen LogP contribution in [0.2, 0.25) is 5.02 Å². The predicted octanol–water partition coefficient (Wildman–Crippen LogP) is 4.24. The van der Waals surface area contributed by atoms with E-state index >= 15 is 4.39 Å². The Morgan fingerprint density at radius 2 is 2.05 bits per heavy atom. The van der Waals surface area contributed by atoms with Gasteiger partial charge in [0.25, 0.3) is 0 Å². The number of amides is 1. The van der Waals surface area contributed by atoms with Crippen molar-refractivity contribution in [3.05, 3.63) is 40.9 Å². The highest BCUT2D eigenvalue weighted by molar-refractivity contribution is 6.31. The van der Waals surface area contributed by atoms with Gasteiger partial charge in [-0.2, -0.15) is 4.68 Å². The zero-order chi connectivity index (χ0) is 26.9. The molecule has 0 spiro atoms. The molecule has 2 fully saturated rings. The number of hydrogen-bond acceptors (Lipinski definition) is 6. The molecule has 0 radical (unpaired) electrons. The monoisotopic (exact) mass is 543 g/mol. The molecule has 1 aromatic carbocycles. The van der Waals surface area contributed by atoms with Crippen LogP contribution < -0.4 is 10.6 Å². The molecule has 2 N–H and O–H groups in total. The number of carbonyl (C=O) groups excluding carboxylic acids is 1. The zero-order valence-corrected chi connectivity index (χ0v) is 23.3. The lowest BCUT2D eigenvalue weighted by Crippen LogP contribution is -2.57. The molecule has 8 nitrogen and oxygen atoms in total. The number of rotatable bonds is 3. The van der Waals surface area contributed by atoms with Crippen LogP contribution in [0.5, 0.6) is 0 Å². The van der Waals surface area contributed by atoms with E-state index in [1.54, 1.807) is 12.1 Å². The van der Waals surface area contributed by atoms with Gasteiger partial charge in [-0.15, -0.1) is 5.10 Å².